The smallest absolute Gasteiger partial charge is 0.266 e. The van der Waals surface area contributed by atoms with Crippen LogP contribution in [0.3, 0.4) is 0 Å². The first-order chi connectivity index (χ1) is 14.4. The third kappa shape index (κ3) is 5.22. The highest BCUT2D eigenvalue weighted by atomic mass is 79.9. The summed E-state index contributed by atoms with van der Waals surface area (Å²) < 4.78 is 14.9. The van der Waals surface area contributed by atoms with E-state index in [0.29, 0.717) is 23.2 Å². The lowest BCUT2D eigenvalue weighted by Gasteiger charge is -2.10. The molecule has 0 fully saturated rings. The molecule has 0 heterocycles. The van der Waals surface area contributed by atoms with E-state index in [0.717, 1.165) is 21.2 Å². The highest BCUT2D eigenvalue weighted by Gasteiger charge is 2.13. The number of aryl methyl sites for hydroxylation is 2. The number of hydrogen-bond donors (Lipinski definition) is 1. The topological polar surface area (TPSA) is 52.9 Å². The van der Waals surface area contributed by atoms with Crippen LogP contribution < -0.4 is 5.32 Å². The molecular weight excluding hydrogens is 443 g/mol. The van der Waals surface area contributed by atoms with Crippen LogP contribution in [-0.4, -0.2) is 5.91 Å². The van der Waals surface area contributed by atoms with Crippen LogP contribution in [0.4, 0.5) is 10.1 Å². The molecule has 0 saturated heterocycles. The number of carbonyl (C=O) groups is 1. The molecular formula is C25H20BrFN2O. The summed E-state index contributed by atoms with van der Waals surface area (Å²) in [6, 6.07) is 19.7. The highest BCUT2D eigenvalue weighted by Crippen LogP contribution is 2.24. The Balaban J connectivity index is 1.92. The SMILES string of the molecule is Cc1ccc(NC(=O)/C(C#N)=C/c2cc(Br)ccc2Cc2ccccc2F)cc1C. The van der Waals surface area contributed by atoms with Gasteiger partial charge in [-0.05, 0) is 78.1 Å². The fraction of sp³-hybridized carbons (Fsp3) is 0.120. The summed E-state index contributed by atoms with van der Waals surface area (Å²) in [6.07, 6.45) is 1.89. The molecule has 0 aliphatic carbocycles. The molecule has 0 atom stereocenters. The molecule has 0 spiro atoms. The Morgan fingerprint density at radius 2 is 1.83 bits per heavy atom. The zero-order valence-corrected chi connectivity index (χ0v) is 18.3. The van der Waals surface area contributed by atoms with Gasteiger partial charge in [0.2, 0.25) is 0 Å². The van der Waals surface area contributed by atoms with Crippen molar-refractivity contribution in [2.75, 3.05) is 5.32 Å². The molecule has 3 aromatic rings. The van der Waals surface area contributed by atoms with Crippen molar-refractivity contribution in [2.45, 2.75) is 20.3 Å². The number of rotatable bonds is 5. The van der Waals surface area contributed by atoms with E-state index in [2.05, 4.69) is 21.2 Å². The molecule has 0 bridgehead atoms. The molecule has 0 aliphatic heterocycles. The van der Waals surface area contributed by atoms with E-state index in [9.17, 15) is 14.4 Å². The average molecular weight is 463 g/mol. The van der Waals surface area contributed by atoms with Crippen LogP contribution in [0.5, 0.6) is 0 Å². The standard InChI is InChI=1S/C25H20BrFN2O/c1-16-7-10-23(11-17(16)2)29-25(30)21(15-28)13-20-14-22(26)9-8-18(20)12-19-5-3-4-6-24(19)27/h3-11,13-14H,12H2,1-2H3,(H,29,30)/b21-13+. The van der Waals surface area contributed by atoms with Crippen molar-refractivity contribution in [3.63, 3.8) is 0 Å². The Bertz CT molecular complexity index is 1180. The minimum atomic E-state index is -0.488. The third-order valence-corrected chi connectivity index (χ3v) is 5.37. The van der Waals surface area contributed by atoms with Gasteiger partial charge in [-0.15, -0.1) is 0 Å². The predicted molar refractivity (Wildman–Crippen MR) is 121 cm³/mol. The average Bonchev–Trinajstić information content (AvgIpc) is 2.72. The zero-order valence-electron chi connectivity index (χ0n) is 16.7. The molecule has 1 amide bonds. The van der Waals surface area contributed by atoms with Crippen LogP contribution in [0.25, 0.3) is 6.08 Å². The van der Waals surface area contributed by atoms with E-state index in [1.165, 1.54) is 12.1 Å². The first-order valence-electron chi connectivity index (χ1n) is 9.39. The van der Waals surface area contributed by atoms with E-state index >= 15 is 0 Å². The Morgan fingerprint density at radius 3 is 2.53 bits per heavy atom. The van der Waals surface area contributed by atoms with Gasteiger partial charge < -0.3 is 5.32 Å². The van der Waals surface area contributed by atoms with Crippen molar-refractivity contribution in [1.29, 1.82) is 5.26 Å². The van der Waals surface area contributed by atoms with Crippen LogP contribution in [0.1, 0.15) is 27.8 Å². The van der Waals surface area contributed by atoms with Gasteiger partial charge in [0, 0.05) is 16.6 Å². The number of anilines is 1. The zero-order chi connectivity index (χ0) is 21.7. The van der Waals surface area contributed by atoms with Gasteiger partial charge in [-0.1, -0.05) is 46.3 Å². The molecule has 0 aromatic heterocycles. The lowest BCUT2D eigenvalue weighted by atomic mass is 9.98. The van der Waals surface area contributed by atoms with Gasteiger partial charge in [0.15, 0.2) is 0 Å². The largest absolute Gasteiger partial charge is 0.321 e. The van der Waals surface area contributed by atoms with Gasteiger partial charge >= 0.3 is 0 Å². The minimum absolute atomic E-state index is 0.0267. The summed E-state index contributed by atoms with van der Waals surface area (Å²) in [5.74, 6) is -0.777. The Labute approximate surface area is 184 Å². The van der Waals surface area contributed by atoms with Gasteiger partial charge in [-0.2, -0.15) is 5.26 Å². The summed E-state index contributed by atoms with van der Waals surface area (Å²) in [5, 5.41) is 12.4. The lowest BCUT2D eigenvalue weighted by Crippen LogP contribution is -2.13. The summed E-state index contributed by atoms with van der Waals surface area (Å²) in [7, 11) is 0. The van der Waals surface area contributed by atoms with Crippen LogP contribution in [0.2, 0.25) is 0 Å². The van der Waals surface area contributed by atoms with E-state index < -0.39 is 5.91 Å². The predicted octanol–water partition coefficient (Wildman–Crippen LogP) is 6.34. The van der Waals surface area contributed by atoms with Gasteiger partial charge in [0.1, 0.15) is 17.5 Å². The first-order valence-corrected chi connectivity index (χ1v) is 10.2. The van der Waals surface area contributed by atoms with Gasteiger partial charge in [0.05, 0.1) is 0 Å². The number of nitriles is 1. The fourth-order valence-electron chi connectivity index (χ4n) is 3.03. The molecule has 3 nitrogen and oxygen atoms in total. The number of hydrogen-bond acceptors (Lipinski definition) is 2. The summed E-state index contributed by atoms with van der Waals surface area (Å²) in [6.45, 7) is 3.95. The number of halogens is 2. The Morgan fingerprint density at radius 1 is 1.07 bits per heavy atom. The third-order valence-electron chi connectivity index (χ3n) is 4.88. The van der Waals surface area contributed by atoms with Crippen molar-refractivity contribution in [2.24, 2.45) is 0 Å². The summed E-state index contributed by atoms with van der Waals surface area (Å²) >= 11 is 3.43. The number of benzene rings is 3. The van der Waals surface area contributed by atoms with Crippen molar-refractivity contribution < 1.29 is 9.18 Å². The molecule has 30 heavy (non-hydrogen) atoms. The molecule has 0 aliphatic rings. The van der Waals surface area contributed by atoms with E-state index in [4.69, 9.17) is 0 Å². The molecule has 3 rings (SSSR count). The highest BCUT2D eigenvalue weighted by molar-refractivity contribution is 9.10. The van der Waals surface area contributed by atoms with Crippen LogP contribution >= 0.6 is 15.9 Å². The summed E-state index contributed by atoms with van der Waals surface area (Å²) in [5.41, 5.74) is 4.82. The molecule has 3 aromatic carbocycles. The molecule has 0 unspecified atom stereocenters. The van der Waals surface area contributed by atoms with E-state index in [1.54, 1.807) is 24.3 Å². The maximum absolute atomic E-state index is 14.1. The van der Waals surface area contributed by atoms with Crippen molar-refractivity contribution in [3.05, 3.63) is 104 Å². The maximum atomic E-state index is 14.1. The normalized spacial score (nSPS) is 11.1. The van der Waals surface area contributed by atoms with Crippen LogP contribution in [0.15, 0.2) is 70.7 Å². The van der Waals surface area contributed by atoms with Crippen molar-refractivity contribution >= 4 is 33.6 Å². The second-order valence-electron chi connectivity index (χ2n) is 7.03. The van der Waals surface area contributed by atoms with Crippen LogP contribution in [0, 0.1) is 31.0 Å². The lowest BCUT2D eigenvalue weighted by molar-refractivity contribution is -0.112. The summed E-state index contributed by atoms with van der Waals surface area (Å²) in [4.78, 5) is 12.7. The quantitative estimate of drug-likeness (QED) is 0.355. The maximum Gasteiger partial charge on any atom is 0.266 e. The molecule has 1 N–H and O–H groups in total. The number of carbonyl (C=O) groups excluding carboxylic acids is 1. The molecule has 0 saturated carbocycles. The van der Waals surface area contributed by atoms with Crippen molar-refractivity contribution in [1.82, 2.24) is 0 Å². The molecule has 0 radical (unpaired) electrons. The Hall–Kier alpha value is -3.23. The number of nitrogens with one attached hydrogen (secondary N) is 1. The van der Waals surface area contributed by atoms with Gasteiger partial charge in [-0.25, -0.2) is 4.39 Å². The van der Waals surface area contributed by atoms with Crippen LogP contribution in [-0.2, 0) is 11.2 Å². The second-order valence-corrected chi connectivity index (χ2v) is 7.95. The van der Waals surface area contributed by atoms with Gasteiger partial charge in [-0.3, -0.25) is 4.79 Å². The first kappa shape index (κ1) is 21.5. The van der Waals surface area contributed by atoms with Crippen molar-refractivity contribution in [3.8, 4) is 6.07 Å². The van der Waals surface area contributed by atoms with E-state index in [1.807, 2.05) is 50.2 Å². The molecule has 5 heteroatoms. The Kier molecular flexibility index (Phi) is 6.81. The number of nitrogens with zero attached hydrogens (tertiary/aromatic N) is 1. The fourth-order valence-corrected chi connectivity index (χ4v) is 3.41. The minimum Gasteiger partial charge on any atom is -0.321 e. The van der Waals surface area contributed by atoms with E-state index in [-0.39, 0.29) is 11.4 Å². The molecule has 150 valence electrons. The van der Waals surface area contributed by atoms with Gasteiger partial charge in [0.25, 0.3) is 5.91 Å². The number of amides is 1. The monoisotopic (exact) mass is 462 g/mol. The second kappa shape index (κ2) is 9.51.